The van der Waals surface area contributed by atoms with Crippen LogP contribution < -0.4 is 0 Å². The van der Waals surface area contributed by atoms with Crippen molar-refractivity contribution >= 4 is 0 Å². The summed E-state index contributed by atoms with van der Waals surface area (Å²) in [5, 5.41) is 18.8. The Kier molecular flexibility index (Phi) is 1.46. The van der Waals surface area contributed by atoms with Gasteiger partial charge < -0.3 is 10.2 Å². The predicted molar refractivity (Wildman–Crippen MR) is 37.5 cm³/mol. The van der Waals surface area contributed by atoms with Crippen LogP contribution in [0.15, 0.2) is 0 Å². The van der Waals surface area contributed by atoms with Crippen molar-refractivity contribution < 1.29 is 10.2 Å². The van der Waals surface area contributed by atoms with Gasteiger partial charge in [0.15, 0.2) is 0 Å². The summed E-state index contributed by atoms with van der Waals surface area (Å²) in [6.45, 7) is 0. The number of aliphatic hydroxyl groups is 2. The van der Waals surface area contributed by atoms with Gasteiger partial charge in [0, 0.05) is 0 Å². The van der Waals surface area contributed by atoms with Gasteiger partial charge in [-0.05, 0) is 37.5 Å². The summed E-state index contributed by atoms with van der Waals surface area (Å²) in [5.41, 5.74) is 0. The van der Waals surface area contributed by atoms with Gasteiger partial charge in [0.2, 0.25) is 0 Å². The lowest BCUT2D eigenvalue weighted by Gasteiger charge is -2.28. The number of hydrogen-bond acceptors (Lipinski definition) is 2. The van der Waals surface area contributed by atoms with Crippen molar-refractivity contribution in [1.29, 1.82) is 0 Å². The first-order chi connectivity index (χ1) is 4.77. The number of fused-ring (bicyclic) bond motifs is 2. The van der Waals surface area contributed by atoms with Gasteiger partial charge in [-0.3, -0.25) is 0 Å². The SMILES string of the molecule is OC1C[C@H]2CC[C@H](C1)C2O. The highest BCUT2D eigenvalue weighted by Crippen LogP contribution is 2.41. The molecule has 2 aliphatic rings. The fourth-order valence-electron chi connectivity index (χ4n) is 2.46. The molecule has 2 nitrogen and oxygen atoms in total. The normalized spacial score (nSPS) is 53.4. The molecule has 2 saturated carbocycles. The van der Waals surface area contributed by atoms with Crippen molar-refractivity contribution in [2.75, 3.05) is 0 Å². The zero-order valence-corrected chi connectivity index (χ0v) is 6.03. The maximum absolute atomic E-state index is 9.52. The Balaban J connectivity index is 2.09. The van der Waals surface area contributed by atoms with Gasteiger partial charge in [0.1, 0.15) is 0 Å². The van der Waals surface area contributed by atoms with Gasteiger partial charge in [-0.1, -0.05) is 0 Å². The third-order valence-electron chi connectivity index (χ3n) is 3.02. The smallest absolute Gasteiger partial charge is 0.0598 e. The molecule has 10 heavy (non-hydrogen) atoms. The van der Waals surface area contributed by atoms with E-state index in [1.54, 1.807) is 0 Å². The standard InChI is InChI=1S/C8H14O2/c9-7-3-5-1-2-6(4-7)8(5)10/h5-10H,1-4H2/t5-,6-,7?,8?/m1/s1. The highest BCUT2D eigenvalue weighted by Gasteiger charge is 2.40. The third-order valence-corrected chi connectivity index (χ3v) is 3.02. The minimum atomic E-state index is -0.124. The van der Waals surface area contributed by atoms with Crippen molar-refractivity contribution in [3.8, 4) is 0 Å². The molecule has 0 aromatic rings. The molecule has 2 rings (SSSR count). The van der Waals surface area contributed by atoms with E-state index in [2.05, 4.69) is 0 Å². The molecule has 2 atom stereocenters. The third kappa shape index (κ3) is 0.867. The summed E-state index contributed by atoms with van der Waals surface area (Å²) < 4.78 is 0. The summed E-state index contributed by atoms with van der Waals surface area (Å²) in [5.74, 6) is 0.822. The second-order valence-electron chi connectivity index (χ2n) is 3.71. The van der Waals surface area contributed by atoms with Crippen LogP contribution in [0.5, 0.6) is 0 Å². The Labute approximate surface area is 60.9 Å². The lowest BCUT2D eigenvalue weighted by Crippen LogP contribution is -2.32. The van der Waals surface area contributed by atoms with Crippen LogP contribution in [0.25, 0.3) is 0 Å². The molecule has 0 aromatic heterocycles. The van der Waals surface area contributed by atoms with Crippen LogP contribution in [0.3, 0.4) is 0 Å². The first-order valence-electron chi connectivity index (χ1n) is 4.13. The highest BCUT2D eigenvalue weighted by atomic mass is 16.3. The topological polar surface area (TPSA) is 40.5 Å². The van der Waals surface area contributed by atoms with Crippen LogP contribution >= 0.6 is 0 Å². The van der Waals surface area contributed by atoms with Gasteiger partial charge in [-0.25, -0.2) is 0 Å². The molecular weight excluding hydrogens is 128 g/mol. The molecule has 0 spiro atoms. The van der Waals surface area contributed by atoms with E-state index < -0.39 is 0 Å². The van der Waals surface area contributed by atoms with Gasteiger partial charge in [0.25, 0.3) is 0 Å². The van der Waals surface area contributed by atoms with Crippen molar-refractivity contribution in [2.24, 2.45) is 11.8 Å². The molecule has 2 N–H and O–H groups in total. The number of rotatable bonds is 0. The molecule has 0 heterocycles. The van der Waals surface area contributed by atoms with Crippen LogP contribution in [0.1, 0.15) is 25.7 Å². The molecule has 0 radical (unpaired) electrons. The first kappa shape index (κ1) is 6.62. The minimum Gasteiger partial charge on any atom is -0.393 e. The van der Waals surface area contributed by atoms with Crippen LogP contribution in [0.4, 0.5) is 0 Å². The summed E-state index contributed by atoms with van der Waals surface area (Å²) in [6.07, 6.45) is 3.70. The summed E-state index contributed by atoms with van der Waals surface area (Å²) in [4.78, 5) is 0. The van der Waals surface area contributed by atoms with Crippen LogP contribution in [0, 0.1) is 11.8 Å². The van der Waals surface area contributed by atoms with E-state index in [9.17, 15) is 10.2 Å². The number of hydrogen-bond donors (Lipinski definition) is 2. The molecule has 58 valence electrons. The van der Waals surface area contributed by atoms with Crippen LogP contribution in [0.2, 0.25) is 0 Å². The van der Waals surface area contributed by atoms with E-state index >= 15 is 0 Å². The van der Waals surface area contributed by atoms with Crippen LogP contribution in [-0.2, 0) is 0 Å². The molecule has 0 saturated heterocycles. The van der Waals surface area contributed by atoms with E-state index in [-0.39, 0.29) is 12.2 Å². The highest BCUT2D eigenvalue weighted by molar-refractivity contribution is 4.91. The van der Waals surface area contributed by atoms with Crippen LogP contribution in [-0.4, -0.2) is 22.4 Å². The van der Waals surface area contributed by atoms with Gasteiger partial charge >= 0.3 is 0 Å². The zero-order chi connectivity index (χ0) is 7.14. The average molecular weight is 142 g/mol. The zero-order valence-electron chi connectivity index (χ0n) is 6.03. The van der Waals surface area contributed by atoms with Gasteiger partial charge in [-0.2, -0.15) is 0 Å². The fourth-order valence-corrected chi connectivity index (χ4v) is 2.46. The molecule has 2 fully saturated rings. The van der Waals surface area contributed by atoms with Gasteiger partial charge in [-0.15, -0.1) is 0 Å². The predicted octanol–water partition coefficient (Wildman–Crippen LogP) is 0.528. The maximum Gasteiger partial charge on any atom is 0.0598 e. The first-order valence-corrected chi connectivity index (χ1v) is 4.13. The van der Waals surface area contributed by atoms with E-state index in [4.69, 9.17) is 0 Å². The molecule has 0 aliphatic heterocycles. The van der Waals surface area contributed by atoms with Crippen molar-refractivity contribution in [1.82, 2.24) is 0 Å². The largest absolute Gasteiger partial charge is 0.393 e. The van der Waals surface area contributed by atoms with E-state index in [1.807, 2.05) is 0 Å². The quantitative estimate of drug-likeness (QED) is 0.518. The molecule has 2 bridgehead atoms. The Bertz CT molecular complexity index is 121. The lowest BCUT2D eigenvalue weighted by molar-refractivity contribution is -0.00184. The van der Waals surface area contributed by atoms with E-state index in [0.29, 0.717) is 11.8 Å². The second kappa shape index (κ2) is 2.21. The molecule has 2 aliphatic carbocycles. The van der Waals surface area contributed by atoms with E-state index in [1.165, 1.54) is 0 Å². The molecule has 2 heteroatoms. The average Bonchev–Trinajstić information content (AvgIpc) is 2.20. The fraction of sp³-hybridized carbons (Fsp3) is 1.00. The number of aliphatic hydroxyl groups excluding tert-OH is 2. The Hall–Kier alpha value is -0.0800. The Morgan fingerprint density at radius 1 is 0.900 bits per heavy atom. The maximum atomic E-state index is 9.52. The Morgan fingerprint density at radius 3 is 1.90 bits per heavy atom. The summed E-state index contributed by atoms with van der Waals surface area (Å²) >= 11 is 0. The molecule has 0 amide bonds. The summed E-state index contributed by atoms with van der Waals surface area (Å²) in [7, 11) is 0. The minimum absolute atomic E-state index is 0.0941. The molecule has 0 aromatic carbocycles. The van der Waals surface area contributed by atoms with Gasteiger partial charge in [0.05, 0.1) is 12.2 Å². The van der Waals surface area contributed by atoms with Crippen molar-refractivity contribution in [3.63, 3.8) is 0 Å². The Morgan fingerprint density at radius 2 is 1.40 bits per heavy atom. The monoisotopic (exact) mass is 142 g/mol. The second-order valence-corrected chi connectivity index (χ2v) is 3.71. The molecular formula is C8H14O2. The summed E-state index contributed by atoms with van der Waals surface area (Å²) in [6, 6.07) is 0. The van der Waals surface area contributed by atoms with Crippen molar-refractivity contribution in [2.45, 2.75) is 37.9 Å². The molecule has 0 unspecified atom stereocenters. The van der Waals surface area contributed by atoms with Crippen molar-refractivity contribution in [3.05, 3.63) is 0 Å². The van der Waals surface area contributed by atoms with E-state index in [0.717, 1.165) is 25.7 Å². The lowest BCUT2D eigenvalue weighted by atomic mass is 9.84.